The van der Waals surface area contributed by atoms with Crippen LogP contribution in [0.4, 0.5) is 13.2 Å². The van der Waals surface area contributed by atoms with Gasteiger partial charge in [-0.25, -0.2) is 8.42 Å². The molecule has 0 aliphatic heterocycles. The number of rotatable bonds is 8. The van der Waals surface area contributed by atoms with E-state index in [2.05, 4.69) is 4.98 Å². The zero-order valence-electron chi connectivity index (χ0n) is 22.0. The van der Waals surface area contributed by atoms with Crippen molar-refractivity contribution in [1.82, 2.24) is 9.55 Å². The fourth-order valence-corrected chi connectivity index (χ4v) is 5.43. The second-order valence-electron chi connectivity index (χ2n) is 9.83. The molecule has 0 N–H and O–H groups in total. The number of hydrogen-bond donors (Lipinski definition) is 0. The Labute approximate surface area is 226 Å². The normalized spacial score (nSPS) is 13.7. The van der Waals surface area contributed by atoms with Crippen LogP contribution in [0, 0.1) is 12.8 Å². The number of nitrogens with zero attached hydrogens (tertiary/aromatic N) is 2. The first kappa shape index (κ1) is 28.3. The summed E-state index contributed by atoms with van der Waals surface area (Å²) in [6, 6.07) is 15.4. The van der Waals surface area contributed by atoms with Gasteiger partial charge in [0, 0.05) is 48.4 Å². The maximum atomic E-state index is 14.0. The molecular formula is C30H29F3N2O3S. The first-order valence-corrected chi connectivity index (χ1v) is 14.3. The van der Waals surface area contributed by atoms with Crippen LogP contribution in [0.3, 0.4) is 0 Å². The number of aromatic nitrogens is 2. The number of hydrogen-bond acceptors (Lipinski definition) is 4. The van der Waals surface area contributed by atoms with Gasteiger partial charge >= 0.3 is 6.18 Å². The van der Waals surface area contributed by atoms with Crippen LogP contribution >= 0.6 is 0 Å². The Morgan fingerprint density at radius 1 is 1.00 bits per heavy atom. The van der Waals surface area contributed by atoms with E-state index in [1.54, 1.807) is 61.3 Å². The highest BCUT2D eigenvalue weighted by Gasteiger charge is 2.35. The van der Waals surface area contributed by atoms with E-state index in [-0.39, 0.29) is 28.7 Å². The van der Waals surface area contributed by atoms with Crippen LogP contribution in [-0.2, 0) is 22.6 Å². The van der Waals surface area contributed by atoms with Crippen molar-refractivity contribution in [3.63, 3.8) is 0 Å². The fourth-order valence-electron chi connectivity index (χ4n) is 4.79. The zero-order valence-corrected chi connectivity index (χ0v) is 22.8. The lowest BCUT2D eigenvalue weighted by Gasteiger charge is -2.20. The fraction of sp³-hybridized carbons (Fsp3) is 0.267. The maximum Gasteiger partial charge on any atom is 0.417 e. The Kier molecular flexibility index (Phi) is 7.84. The molecule has 0 aliphatic carbocycles. The van der Waals surface area contributed by atoms with Crippen molar-refractivity contribution in [1.29, 1.82) is 0 Å². The molecule has 0 bridgehead atoms. The van der Waals surface area contributed by atoms with Crippen LogP contribution < -0.4 is 0 Å². The van der Waals surface area contributed by atoms with E-state index < -0.39 is 27.5 Å². The summed E-state index contributed by atoms with van der Waals surface area (Å²) in [7, 11) is -3.35. The van der Waals surface area contributed by atoms with Crippen LogP contribution in [0.2, 0.25) is 0 Å². The minimum atomic E-state index is -4.57. The summed E-state index contributed by atoms with van der Waals surface area (Å²) in [4.78, 5) is 18.1. The number of sulfone groups is 1. The number of carbonyl (C=O) groups is 1. The van der Waals surface area contributed by atoms with Gasteiger partial charge in [0.15, 0.2) is 15.6 Å². The summed E-state index contributed by atoms with van der Waals surface area (Å²) in [5, 5.41) is 0. The highest BCUT2D eigenvalue weighted by Crippen LogP contribution is 2.40. The van der Waals surface area contributed by atoms with Crippen LogP contribution in [0.25, 0.3) is 11.3 Å². The second-order valence-corrected chi connectivity index (χ2v) is 11.8. The van der Waals surface area contributed by atoms with Crippen molar-refractivity contribution < 1.29 is 26.4 Å². The molecular weight excluding hydrogens is 525 g/mol. The lowest BCUT2D eigenvalue weighted by Crippen LogP contribution is -2.18. The third-order valence-corrected chi connectivity index (χ3v) is 8.29. The van der Waals surface area contributed by atoms with E-state index in [0.717, 1.165) is 23.4 Å². The third-order valence-electron chi connectivity index (χ3n) is 7.16. The van der Waals surface area contributed by atoms with E-state index in [1.807, 2.05) is 13.0 Å². The van der Waals surface area contributed by atoms with Gasteiger partial charge in [-0.1, -0.05) is 50.2 Å². The van der Waals surface area contributed by atoms with Crippen LogP contribution in [0.1, 0.15) is 52.4 Å². The molecule has 0 fully saturated rings. The average Bonchev–Trinajstić information content (AvgIpc) is 3.22. The summed E-state index contributed by atoms with van der Waals surface area (Å²) in [5.74, 6) is -0.992. The molecule has 0 saturated carbocycles. The van der Waals surface area contributed by atoms with Gasteiger partial charge in [0.05, 0.1) is 16.2 Å². The number of benzene rings is 2. The standard InChI is InChI=1S/C30H29F3N2O3S/c1-19(23-11-13-24(14-12-23)39(4,37)38)20(2)29(36)26-18-35(17-22-8-7-15-34-16-22)28(21(26)3)25-9-5-6-10-27(25)30(31,32)33/h5-16,18-20H,17H2,1-4H3. The first-order valence-electron chi connectivity index (χ1n) is 12.4. The minimum absolute atomic E-state index is 0.00232. The van der Waals surface area contributed by atoms with Crippen molar-refractivity contribution in [2.45, 2.75) is 44.3 Å². The summed E-state index contributed by atoms with van der Waals surface area (Å²) in [6.45, 7) is 5.56. The molecule has 2 atom stereocenters. The van der Waals surface area contributed by atoms with Gasteiger partial charge < -0.3 is 4.57 Å². The second kappa shape index (κ2) is 10.8. The molecule has 39 heavy (non-hydrogen) atoms. The Bertz CT molecular complexity index is 1590. The summed E-state index contributed by atoms with van der Waals surface area (Å²) >= 11 is 0. The monoisotopic (exact) mass is 554 g/mol. The molecule has 0 saturated heterocycles. The molecule has 204 valence electrons. The summed E-state index contributed by atoms with van der Waals surface area (Å²) in [6.07, 6.45) is 1.44. The molecule has 2 aromatic carbocycles. The van der Waals surface area contributed by atoms with E-state index in [9.17, 15) is 26.4 Å². The van der Waals surface area contributed by atoms with E-state index in [1.165, 1.54) is 24.3 Å². The number of pyridine rings is 1. The van der Waals surface area contributed by atoms with Crippen LogP contribution in [0.15, 0.2) is 84.1 Å². The molecule has 0 aliphatic rings. The van der Waals surface area contributed by atoms with Crippen LogP contribution in [-0.4, -0.2) is 30.0 Å². The number of halogens is 3. The van der Waals surface area contributed by atoms with Crippen LogP contribution in [0.5, 0.6) is 0 Å². The smallest absolute Gasteiger partial charge is 0.342 e. The number of Topliss-reactive ketones (excluding diaryl/α,β-unsaturated/α-hetero) is 1. The predicted molar refractivity (Wildman–Crippen MR) is 144 cm³/mol. The van der Waals surface area contributed by atoms with Gasteiger partial charge in [-0.05, 0) is 53.8 Å². The highest BCUT2D eigenvalue weighted by molar-refractivity contribution is 7.90. The maximum absolute atomic E-state index is 14.0. The van der Waals surface area contributed by atoms with Crippen molar-refractivity contribution in [2.75, 3.05) is 6.26 Å². The van der Waals surface area contributed by atoms with Crippen molar-refractivity contribution in [3.8, 4) is 11.3 Å². The zero-order chi connectivity index (χ0) is 28.5. The van der Waals surface area contributed by atoms with Gasteiger partial charge in [0.1, 0.15) is 0 Å². The Hall–Kier alpha value is -3.72. The molecule has 4 rings (SSSR count). The number of carbonyl (C=O) groups excluding carboxylic acids is 1. The molecule has 2 aromatic heterocycles. The van der Waals surface area contributed by atoms with Gasteiger partial charge in [0.2, 0.25) is 0 Å². The predicted octanol–water partition coefficient (Wildman–Crippen LogP) is 6.95. The van der Waals surface area contributed by atoms with E-state index >= 15 is 0 Å². The largest absolute Gasteiger partial charge is 0.417 e. The van der Waals surface area contributed by atoms with Gasteiger partial charge in [-0.3, -0.25) is 9.78 Å². The minimum Gasteiger partial charge on any atom is -0.342 e. The quantitative estimate of drug-likeness (QED) is 0.221. The molecule has 0 spiro atoms. The Morgan fingerprint density at radius 3 is 2.26 bits per heavy atom. The molecule has 2 unspecified atom stereocenters. The summed E-state index contributed by atoms with van der Waals surface area (Å²) < 4.78 is 67.3. The van der Waals surface area contributed by atoms with E-state index in [4.69, 9.17) is 0 Å². The SMILES string of the molecule is Cc1c(C(=O)C(C)C(C)c2ccc(S(C)(=O)=O)cc2)cn(Cc2cccnc2)c1-c1ccccc1C(F)(F)F. The highest BCUT2D eigenvalue weighted by atomic mass is 32.2. The molecule has 0 amide bonds. The summed E-state index contributed by atoms with van der Waals surface area (Å²) in [5.41, 5.74) is 1.94. The number of alkyl halides is 3. The Balaban J connectivity index is 1.77. The lowest BCUT2D eigenvalue weighted by atomic mass is 9.83. The Morgan fingerprint density at radius 2 is 1.67 bits per heavy atom. The van der Waals surface area contributed by atoms with Gasteiger partial charge in [0.25, 0.3) is 0 Å². The van der Waals surface area contributed by atoms with Gasteiger partial charge in [-0.15, -0.1) is 0 Å². The number of ketones is 1. The molecule has 0 radical (unpaired) electrons. The van der Waals surface area contributed by atoms with Crippen molar-refractivity contribution in [2.24, 2.45) is 5.92 Å². The van der Waals surface area contributed by atoms with E-state index in [0.29, 0.717) is 16.8 Å². The molecule has 4 aromatic rings. The topological polar surface area (TPSA) is 69.0 Å². The van der Waals surface area contributed by atoms with Crippen molar-refractivity contribution in [3.05, 3.63) is 107 Å². The molecule has 9 heteroatoms. The lowest BCUT2D eigenvalue weighted by molar-refractivity contribution is -0.137. The third kappa shape index (κ3) is 5.98. The average molecular weight is 555 g/mol. The first-order chi connectivity index (χ1) is 18.3. The van der Waals surface area contributed by atoms with Gasteiger partial charge in [-0.2, -0.15) is 13.2 Å². The van der Waals surface area contributed by atoms with Crippen molar-refractivity contribution >= 4 is 15.6 Å². The molecule has 5 nitrogen and oxygen atoms in total. The molecule has 2 heterocycles.